The Morgan fingerprint density at radius 2 is 1.88 bits per heavy atom. The number of nitrogens with zero attached hydrogens (tertiary/aromatic N) is 3. The summed E-state index contributed by atoms with van der Waals surface area (Å²) < 4.78 is 26.4. The van der Waals surface area contributed by atoms with Gasteiger partial charge in [0.1, 0.15) is 0 Å². The van der Waals surface area contributed by atoms with Crippen molar-refractivity contribution in [2.75, 3.05) is 25.9 Å². The molecule has 0 spiro atoms. The summed E-state index contributed by atoms with van der Waals surface area (Å²) in [6, 6.07) is 14.1. The second-order valence-electron chi connectivity index (χ2n) is 7.17. The van der Waals surface area contributed by atoms with Crippen molar-refractivity contribution in [2.24, 2.45) is 11.8 Å². The molecule has 0 aliphatic carbocycles. The molecule has 2 saturated heterocycles. The number of hydrogen-bond acceptors (Lipinski definition) is 4. The Morgan fingerprint density at radius 1 is 1.08 bits per heavy atom. The van der Waals surface area contributed by atoms with E-state index >= 15 is 0 Å². The van der Waals surface area contributed by atoms with Crippen LogP contribution in [0.2, 0.25) is 0 Å². The molecule has 4 rings (SSSR count). The van der Waals surface area contributed by atoms with Crippen LogP contribution in [0.5, 0.6) is 0 Å². The molecule has 0 N–H and O–H groups in total. The Labute approximate surface area is 149 Å². The molecule has 5 nitrogen and oxygen atoms in total. The molecule has 3 atom stereocenters. The predicted octanol–water partition coefficient (Wildman–Crippen LogP) is 2.15. The quantitative estimate of drug-likeness (QED) is 0.841. The van der Waals surface area contributed by atoms with Gasteiger partial charge in [0.2, 0.25) is 10.0 Å². The van der Waals surface area contributed by atoms with Crippen molar-refractivity contribution in [1.29, 1.82) is 0 Å². The fourth-order valence-corrected chi connectivity index (χ4v) is 5.54. The number of likely N-dealkylation sites (tertiary alicyclic amines) is 1. The number of fused-ring (bicyclic) bond motifs is 1. The van der Waals surface area contributed by atoms with Crippen molar-refractivity contribution >= 4 is 10.0 Å². The van der Waals surface area contributed by atoms with Gasteiger partial charge in [-0.2, -0.15) is 4.31 Å². The van der Waals surface area contributed by atoms with Crippen LogP contribution in [-0.4, -0.2) is 48.5 Å². The maximum Gasteiger partial charge on any atom is 0.211 e. The van der Waals surface area contributed by atoms with Crippen LogP contribution in [0.1, 0.15) is 17.2 Å². The normalized spacial score (nSPS) is 27.5. The molecule has 1 aromatic heterocycles. The molecule has 1 aromatic carbocycles. The third-order valence-corrected chi connectivity index (χ3v) is 6.62. The van der Waals surface area contributed by atoms with Gasteiger partial charge in [-0.15, -0.1) is 0 Å². The minimum atomic E-state index is -3.21. The van der Waals surface area contributed by atoms with Gasteiger partial charge in [0.25, 0.3) is 0 Å². The van der Waals surface area contributed by atoms with Gasteiger partial charge in [0.15, 0.2) is 0 Å². The molecule has 0 amide bonds. The molecule has 2 aliphatic rings. The molecule has 0 bridgehead atoms. The van der Waals surface area contributed by atoms with Gasteiger partial charge in [-0.25, -0.2) is 8.42 Å². The smallest absolute Gasteiger partial charge is 0.211 e. The van der Waals surface area contributed by atoms with Crippen LogP contribution in [0.4, 0.5) is 0 Å². The molecule has 2 aliphatic heterocycles. The van der Waals surface area contributed by atoms with E-state index in [1.165, 1.54) is 11.8 Å². The minimum absolute atomic E-state index is 0.0555. The summed E-state index contributed by atoms with van der Waals surface area (Å²) in [6.07, 6.45) is 5.03. The first-order valence-corrected chi connectivity index (χ1v) is 10.5. The lowest BCUT2D eigenvalue weighted by Gasteiger charge is -2.28. The lowest BCUT2D eigenvalue weighted by Crippen LogP contribution is -2.34. The molecule has 0 saturated carbocycles. The van der Waals surface area contributed by atoms with Crippen LogP contribution >= 0.6 is 0 Å². The summed E-state index contributed by atoms with van der Waals surface area (Å²) in [5.41, 5.74) is 2.31. The van der Waals surface area contributed by atoms with E-state index in [-0.39, 0.29) is 6.04 Å². The lowest BCUT2D eigenvalue weighted by molar-refractivity contribution is 0.260. The number of rotatable bonds is 4. The summed E-state index contributed by atoms with van der Waals surface area (Å²) >= 11 is 0. The third-order valence-electron chi connectivity index (χ3n) is 5.39. The monoisotopic (exact) mass is 357 g/mol. The van der Waals surface area contributed by atoms with Gasteiger partial charge in [-0.1, -0.05) is 36.4 Å². The van der Waals surface area contributed by atoms with Gasteiger partial charge < -0.3 is 0 Å². The predicted molar refractivity (Wildman–Crippen MR) is 97.2 cm³/mol. The lowest BCUT2D eigenvalue weighted by atomic mass is 9.90. The van der Waals surface area contributed by atoms with E-state index in [9.17, 15) is 8.42 Å². The summed E-state index contributed by atoms with van der Waals surface area (Å²) in [5.74, 6) is 0.727. The number of aromatic nitrogens is 1. The first-order chi connectivity index (χ1) is 12.0. The van der Waals surface area contributed by atoms with E-state index < -0.39 is 10.0 Å². The van der Waals surface area contributed by atoms with Crippen LogP contribution in [-0.2, 0) is 16.6 Å². The van der Waals surface area contributed by atoms with Gasteiger partial charge in [-0.3, -0.25) is 9.88 Å². The van der Waals surface area contributed by atoms with Crippen molar-refractivity contribution in [1.82, 2.24) is 14.2 Å². The summed E-state index contributed by atoms with van der Waals surface area (Å²) in [6.45, 7) is 3.36. The largest absolute Gasteiger partial charge is 0.298 e. The summed E-state index contributed by atoms with van der Waals surface area (Å²) in [5, 5.41) is 0. The third kappa shape index (κ3) is 3.34. The highest BCUT2D eigenvalue weighted by Gasteiger charge is 2.50. The van der Waals surface area contributed by atoms with Gasteiger partial charge in [0.05, 0.1) is 12.3 Å². The van der Waals surface area contributed by atoms with Crippen LogP contribution in [0.3, 0.4) is 0 Å². The Bertz CT molecular complexity index is 826. The molecule has 25 heavy (non-hydrogen) atoms. The van der Waals surface area contributed by atoms with Gasteiger partial charge >= 0.3 is 0 Å². The molecule has 2 aromatic rings. The zero-order valence-electron chi connectivity index (χ0n) is 14.3. The highest BCUT2D eigenvalue weighted by Crippen LogP contribution is 2.46. The number of pyridine rings is 1. The molecule has 3 heterocycles. The second kappa shape index (κ2) is 6.52. The van der Waals surface area contributed by atoms with Crippen molar-refractivity contribution < 1.29 is 8.42 Å². The van der Waals surface area contributed by atoms with E-state index in [0.29, 0.717) is 18.4 Å². The molecule has 132 valence electrons. The average Bonchev–Trinajstić information content (AvgIpc) is 3.13. The maximum absolute atomic E-state index is 12.3. The highest BCUT2D eigenvalue weighted by atomic mass is 32.2. The average molecular weight is 357 g/mol. The van der Waals surface area contributed by atoms with E-state index in [2.05, 4.69) is 28.1 Å². The van der Waals surface area contributed by atoms with E-state index in [0.717, 1.165) is 25.2 Å². The Morgan fingerprint density at radius 3 is 2.56 bits per heavy atom. The maximum atomic E-state index is 12.3. The number of hydrogen-bond donors (Lipinski definition) is 0. The molecule has 0 radical (unpaired) electrons. The van der Waals surface area contributed by atoms with Crippen molar-refractivity contribution in [3.63, 3.8) is 0 Å². The zero-order chi connectivity index (χ0) is 17.4. The Kier molecular flexibility index (Phi) is 4.35. The fraction of sp³-hybridized carbons (Fsp3) is 0.421. The van der Waals surface area contributed by atoms with Crippen molar-refractivity contribution in [3.05, 3.63) is 66.0 Å². The molecule has 0 unspecified atom stereocenters. The van der Waals surface area contributed by atoms with E-state index in [4.69, 9.17) is 0 Å². The van der Waals surface area contributed by atoms with Crippen LogP contribution in [0, 0.1) is 11.8 Å². The minimum Gasteiger partial charge on any atom is -0.298 e. The molecular weight excluding hydrogens is 334 g/mol. The van der Waals surface area contributed by atoms with Gasteiger partial charge in [0, 0.05) is 38.6 Å². The van der Waals surface area contributed by atoms with Crippen molar-refractivity contribution in [2.45, 2.75) is 12.6 Å². The topological polar surface area (TPSA) is 53.5 Å². The zero-order valence-corrected chi connectivity index (χ0v) is 15.1. The molecule has 2 fully saturated rings. The fourth-order valence-electron chi connectivity index (χ4n) is 4.38. The Balaban J connectivity index is 1.58. The van der Waals surface area contributed by atoms with Crippen LogP contribution in [0.25, 0.3) is 0 Å². The van der Waals surface area contributed by atoms with Crippen LogP contribution < -0.4 is 0 Å². The van der Waals surface area contributed by atoms with Gasteiger partial charge in [-0.05, 0) is 29.0 Å². The molecule has 6 heteroatoms. The first-order valence-electron chi connectivity index (χ1n) is 8.65. The number of sulfonamides is 1. The summed E-state index contributed by atoms with van der Waals surface area (Å²) in [7, 11) is -3.21. The second-order valence-corrected chi connectivity index (χ2v) is 9.10. The highest BCUT2D eigenvalue weighted by molar-refractivity contribution is 7.88. The SMILES string of the molecule is CS(=O)(=O)N1C[C@H]2CN(Cc3cccnc3)C[C@H]2[C@@H]1c1ccccc1. The molecular formula is C19H23N3O2S. The summed E-state index contributed by atoms with van der Waals surface area (Å²) in [4.78, 5) is 6.62. The Hall–Kier alpha value is -1.76. The van der Waals surface area contributed by atoms with E-state index in [1.54, 1.807) is 10.5 Å². The first kappa shape index (κ1) is 16.7. The standard InChI is InChI=1S/C19H23N3O2S/c1-25(23,24)22-13-17-12-21(11-15-6-5-9-20-10-15)14-18(17)19(22)16-7-3-2-4-8-16/h2-10,17-19H,11-14H2,1H3/t17-,18-,19+/m1/s1. The van der Waals surface area contributed by atoms with Crippen molar-refractivity contribution in [3.8, 4) is 0 Å². The van der Waals surface area contributed by atoms with E-state index in [1.807, 2.05) is 30.5 Å². The number of benzene rings is 1. The van der Waals surface area contributed by atoms with Crippen LogP contribution in [0.15, 0.2) is 54.9 Å².